The Labute approximate surface area is 263 Å². The topological polar surface area (TPSA) is 86.8 Å². The van der Waals surface area contributed by atoms with Crippen molar-refractivity contribution < 1.29 is 22.4 Å². The molecule has 0 spiro atoms. The maximum absolute atomic E-state index is 14.4. The van der Waals surface area contributed by atoms with Gasteiger partial charge in [0.15, 0.2) is 0 Å². The zero-order valence-electron chi connectivity index (χ0n) is 24.8. The van der Waals surface area contributed by atoms with Gasteiger partial charge in [-0.3, -0.25) is 13.9 Å². The molecule has 0 fully saturated rings. The Morgan fingerprint density at radius 1 is 0.818 bits per heavy atom. The number of rotatable bonds is 11. The lowest BCUT2D eigenvalue weighted by Gasteiger charge is -2.35. The second-order valence-electron chi connectivity index (χ2n) is 11.4. The number of carbonyl (C=O) groups is 2. The van der Waals surface area contributed by atoms with Crippen LogP contribution in [-0.2, 0) is 32.6 Å². The highest BCUT2D eigenvalue weighted by Crippen LogP contribution is 2.31. The number of hydrogen-bond donors (Lipinski definition) is 1. The van der Waals surface area contributed by atoms with Gasteiger partial charge in [0.2, 0.25) is 11.8 Å². The molecule has 0 bridgehead atoms. The summed E-state index contributed by atoms with van der Waals surface area (Å²) >= 11 is 6.48. The zero-order valence-corrected chi connectivity index (χ0v) is 26.4. The Morgan fingerprint density at radius 3 is 1.98 bits per heavy atom. The quantitative estimate of drug-likeness (QED) is 0.212. The summed E-state index contributed by atoms with van der Waals surface area (Å²) < 4.78 is 42.8. The summed E-state index contributed by atoms with van der Waals surface area (Å²) in [6, 6.07) is 27.9. The number of amides is 2. The van der Waals surface area contributed by atoms with Gasteiger partial charge in [0.05, 0.1) is 15.6 Å². The molecule has 0 heterocycles. The molecular weight excluding hydrogens is 601 g/mol. The summed E-state index contributed by atoms with van der Waals surface area (Å²) in [4.78, 5) is 29.6. The SMILES string of the molecule is CC(C)(C)NC(=O)C(Cc1ccccc1)N(Cc1ccc(F)cc1)C(=O)CN(c1ccccc1Cl)S(=O)(=O)c1ccccc1. The van der Waals surface area contributed by atoms with Crippen molar-refractivity contribution in [1.82, 2.24) is 10.2 Å². The van der Waals surface area contributed by atoms with E-state index in [1.54, 1.807) is 36.4 Å². The molecule has 2 amide bonds. The van der Waals surface area contributed by atoms with Crippen LogP contribution in [0.3, 0.4) is 0 Å². The Balaban J connectivity index is 1.82. The fourth-order valence-electron chi connectivity index (χ4n) is 4.68. The lowest BCUT2D eigenvalue weighted by molar-refractivity contribution is -0.140. The molecule has 0 saturated heterocycles. The Bertz CT molecular complexity index is 1680. The second-order valence-corrected chi connectivity index (χ2v) is 13.6. The van der Waals surface area contributed by atoms with E-state index in [0.717, 1.165) is 9.87 Å². The third-order valence-electron chi connectivity index (χ3n) is 6.77. The molecule has 4 aromatic carbocycles. The van der Waals surface area contributed by atoms with Crippen molar-refractivity contribution >= 4 is 39.1 Å². The summed E-state index contributed by atoms with van der Waals surface area (Å²) in [5.74, 6) is -1.50. The standard InChI is InChI=1S/C34H35ClFN3O4S/c1-34(2,3)37-33(41)31(22-25-12-6-4-7-13-25)38(23-26-18-20-27(36)21-19-26)32(40)24-39(30-17-11-10-16-29(30)35)44(42,43)28-14-8-5-9-15-28/h4-21,31H,22-24H2,1-3H3,(H,37,41). The van der Waals surface area contributed by atoms with Gasteiger partial charge in [-0.1, -0.05) is 84.4 Å². The van der Waals surface area contributed by atoms with E-state index in [1.807, 2.05) is 51.1 Å². The molecule has 44 heavy (non-hydrogen) atoms. The van der Waals surface area contributed by atoms with Crippen molar-refractivity contribution in [2.24, 2.45) is 0 Å². The van der Waals surface area contributed by atoms with E-state index >= 15 is 0 Å². The van der Waals surface area contributed by atoms with Gasteiger partial charge in [-0.05, 0) is 68.3 Å². The van der Waals surface area contributed by atoms with Gasteiger partial charge in [-0.25, -0.2) is 12.8 Å². The minimum absolute atomic E-state index is 0.0240. The van der Waals surface area contributed by atoms with E-state index < -0.39 is 45.8 Å². The van der Waals surface area contributed by atoms with Crippen LogP contribution in [0.2, 0.25) is 5.02 Å². The van der Waals surface area contributed by atoms with E-state index in [-0.39, 0.29) is 28.6 Å². The fourth-order valence-corrected chi connectivity index (χ4v) is 6.42. The van der Waals surface area contributed by atoms with Crippen LogP contribution in [0.5, 0.6) is 0 Å². The van der Waals surface area contributed by atoms with Crippen LogP contribution in [0.15, 0.2) is 114 Å². The Morgan fingerprint density at radius 2 is 1.39 bits per heavy atom. The minimum atomic E-state index is -4.27. The van der Waals surface area contributed by atoms with Gasteiger partial charge < -0.3 is 10.2 Å². The highest BCUT2D eigenvalue weighted by atomic mass is 35.5. The Hall–Kier alpha value is -4.21. The monoisotopic (exact) mass is 635 g/mol. The molecule has 0 aromatic heterocycles. The molecular formula is C34H35ClFN3O4S. The van der Waals surface area contributed by atoms with Gasteiger partial charge in [0.25, 0.3) is 10.0 Å². The molecule has 4 aromatic rings. The van der Waals surface area contributed by atoms with Crippen LogP contribution in [0, 0.1) is 5.82 Å². The van der Waals surface area contributed by atoms with E-state index in [1.165, 1.54) is 47.4 Å². The molecule has 0 aliphatic rings. The number of nitrogens with zero attached hydrogens (tertiary/aromatic N) is 2. The summed E-state index contributed by atoms with van der Waals surface area (Å²) in [5.41, 5.74) is 0.874. The first-order chi connectivity index (χ1) is 20.8. The van der Waals surface area contributed by atoms with E-state index in [9.17, 15) is 22.4 Å². The third-order valence-corrected chi connectivity index (χ3v) is 8.86. The lowest BCUT2D eigenvalue weighted by Crippen LogP contribution is -2.56. The number of nitrogens with one attached hydrogen (secondary N) is 1. The van der Waals surface area contributed by atoms with Crippen LogP contribution >= 0.6 is 11.6 Å². The lowest BCUT2D eigenvalue weighted by atomic mass is 10.0. The molecule has 0 saturated carbocycles. The largest absolute Gasteiger partial charge is 0.350 e. The maximum atomic E-state index is 14.4. The molecule has 0 aliphatic carbocycles. The number of carbonyl (C=O) groups excluding carboxylic acids is 2. The molecule has 0 aliphatic heterocycles. The van der Waals surface area contributed by atoms with Crippen LogP contribution in [-0.4, -0.2) is 43.3 Å². The zero-order chi connectivity index (χ0) is 31.9. The molecule has 230 valence electrons. The van der Waals surface area contributed by atoms with Crippen LogP contribution in [0.1, 0.15) is 31.9 Å². The van der Waals surface area contributed by atoms with Gasteiger partial charge in [-0.2, -0.15) is 0 Å². The first-order valence-electron chi connectivity index (χ1n) is 14.1. The van der Waals surface area contributed by atoms with Crippen molar-refractivity contribution in [1.29, 1.82) is 0 Å². The van der Waals surface area contributed by atoms with E-state index in [2.05, 4.69) is 5.32 Å². The number of anilines is 1. The average Bonchev–Trinajstić information content (AvgIpc) is 2.99. The van der Waals surface area contributed by atoms with Crippen molar-refractivity contribution in [3.63, 3.8) is 0 Å². The van der Waals surface area contributed by atoms with Crippen LogP contribution < -0.4 is 9.62 Å². The normalized spacial score (nSPS) is 12.3. The van der Waals surface area contributed by atoms with E-state index in [0.29, 0.717) is 5.56 Å². The summed E-state index contributed by atoms with van der Waals surface area (Å²) in [6.45, 7) is 4.79. The van der Waals surface area contributed by atoms with Crippen molar-refractivity contribution in [2.75, 3.05) is 10.8 Å². The van der Waals surface area contributed by atoms with Crippen LogP contribution in [0.4, 0.5) is 10.1 Å². The molecule has 7 nitrogen and oxygen atoms in total. The van der Waals surface area contributed by atoms with Gasteiger partial charge in [0, 0.05) is 18.5 Å². The third kappa shape index (κ3) is 8.45. The molecule has 1 unspecified atom stereocenters. The maximum Gasteiger partial charge on any atom is 0.264 e. The van der Waals surface area contributed by atoms with Crippen molar-refractivity contribution in [2.45, 2.75) is 50.2 Å². The highest BCUT2D eigenvalue weighted by molar-refractivity contribution is 7.92. The van der Waals surface area contributed by atoms with E-state index in [4.69, 9.17) is 11.6 Å². The Kier molecular flexibility index (Phi) is 10.4. The van der Waals surface area contributed by atoms with Crippen LogP contribution in [0.25, 0.3) is 0 Å². The van der Waals surface area contributed by atoms with Gasteiger partial charge in [0.1, 0.15) is 18.4 Å². The van der Waals surface area contributed by atoms with Gasteiger partial charge >= 0.3 is 0 Å². The van der Waals surface area contributed by atoms with Gasteiger partial charge in [-0.15, -0.1) is 0 Å². The van der Waals surface area contributed by atoms with Crippen molar-refractivity contribution in [3.05, 3.63) is 131 Å². The molecule has 1 N–H and O–H groups in total. The molecule has 10 heteroatoms. The smallest absolute Gasteiger partial charge is 0.264 e. The number of halogens is 2. The average molecular weight is 636 g/mol. The summed E-state index contributed by atoms with van der Waals surface area (Å²) in [7, 11) is -4.27. The molecule has 1 atom stereocenters. The number of sulfonamides is 1. The second kappa shape index (κ2) is 14.1. The first-order valence-corrected chi connectivity index (χ1v) is 15.9. The number of para-hydroxylation sites is 1. The molecule has 0 radical (unpaired) electrons. The predicted molar refractivity (Wildman–Crippen MR) is 171 cm³/mol. The molecule has 4 rings (SSSR count). The predicted octanol–water partition coefficient (Wildman–Crippen LogP) is 6.23. The number of hydrogen-bond acceptors (Lipinski definition) is 4. The summed E-state index contributed by atoms with van der Waals surface area (Å²) in [5, 5.41) is 3.11. The summed E-state index contributed by atoms with van der Waals surface area (Å²) in [6.07, 6.45) is 0.160. The highest BCUT2D eigenvalue weighted by Gasteiger charge is 2.36. The van der Waals surface area contributed by atoms with Crippen molar-refractivity contribution in [3.8, 4) is 0 Å². The fraction of sp³-hybridized carbons (Fsp3) is 0.235. The minimum Gasteiger partial charge on any atom is -0.350 e. The first kappa shape index (κ1) is 32.7. The number of benzene rings is 4.